The largest absolute Gasteiger partial charge is 0.463 e. The van der Waals surface area contributed by atoms with Gasteiger partial charge in [0.15, 0.2) is 12.2 Å². The second kappa shape index (κ2) is 8.05. The Labute approximate surface area is 107 Å². The van der Waals surface area contributed by atoms with Crippen LogP contribution in [0.2, 0.25) is 0 Å². The number of carbonyl (C=O) groups excluding carboxylic acids is 2. The summed E-state index contributed by atoms with van der Waals surface area (Å²) < 4.78 is 9.41. The molecule has 0 fully saturated rings. The van der Waals surface area contributed by atoms with Crippen LogP contribution in [0.5, 0.6) is 0 Å². The first-order valence-electron chi connectivity index (χ1n) is 5.95. The van der Waals surface area contributed by atoms with Gasteiger partial charge >= 0.3 is 11.9 Å². The molecule has 2 N–H and O–H groups in total. The number of aliphatic hydroxyl groups is 2. The van der Waals surface area contributed by atoms with Crippen molar-refractivity contribution in [2.45, 2.75) is 39.9 Å². The molecular formula is C12H22O6. The van der Waals surface area contributed by atoms with Gasteiger partial charge in [0.05, 0.1) is 13.2 Å². The van der Waals surface area contributed by atoms with Crippen LogP contribution < -0.4 is 0 Å². The molecule has 0 aromatic heterocycles. The zero-order chi connectivity index (χ0) is 14.3. The fourth-order valence-corrected chi connectivity index (χ4v) is 0.926. The number of rotatable bonds is 7. The van der Waals surface area contributed by atoms with Crippen molar-refractivity contribution in [3.05, 3.63) is 0 Å². The van der Waals surface area contributed by atoms with Gasteiger partial charge in [0.1, 0.15) is 0 Å². The fourth-order valence-electron chi connectivity index (χ4n) is 0.926. The highest BCUT2D eigenvalue weighted by atomic mass is 16.6. The van der Waals surface area contributed by atoms with Gasteiger partial charge in [0, 0.05) is 0 Å². The maximum Gasteiger partial charge on any atom is 0.338 e. The Hall–Kier alpha value is -1.14. The predicted octanol–water partition coefficient (Wildman–Crippen LogP) is 0.107. The van der Waals surface area contributed by atoms with Crippen molar-refractivity contribution in [1.29, 1.82) is 0 Å². The Morgan fingerprint density at radius 3 is 1.33 bits per heavy atom. The maximum absolute atomic E-state index is 11.3. The number of hydrogen-bond acceptors (Lipinski definition) is 6. The summed E-state index contributed by atoms with van der Waals surface area (Å²) in [7, 11) is 0. The lowest BCUT2D eigenvalue weighted by atomic mass is 10.2. The van der Waals surface area contributed by atoms with E-state index in [9.17, 15) is 19.8 Å². The Bertz CT molecular complexity index is 246. The SMILES string of the molecule is CC(C)COC(=O)C(O)C(O)C(=O)OCC(C)C. The van der Waals surface area contributed by atoms with E-state index in [1.165, 1.54) is 0 Å². The average molecular weight is 262 g/mol. The van der Waals surface area contributed by atoms with E-state index in [1.807, 2.05) is 27.7 Å². The number of hydrogen-bond donors (Lipinski definition) is 2. The minimum Gasteiger partial charge on any atom is -0.463 e. The van der Waals surface area contributed by atoms with Crippen molar-refractivity contribution >= 4 is 11.9 Å². The summed E-state index contributed by atoms with van der Waals surface area (Å²) >= 11 is 0. The second-order valence-electron chi connectivity index (χ2n) is 4.94. The Kier molecular flexibility index (Phi) is 7.54. The van der Waals surface area contributed by atoms with Crippen LogP contribution in [-0.2, 0) is 19.1 Å². The molecule has 0 spiro atoms. The summed E-state index contributed by atoms with van der Waals surface area (Å²) in [5, 5.41) is 18.8. The topological polar surface area (TPSA) is 93.1 Å². The second-order valence-corrected chi connectivity index (χ2v) is 4.94. The molecular weight excluding hydrogens is 240 g/mol. The summed E-state index contributed by atoms with van der Waals surface area (Å²) in [5.41, 5.74) is 0. The van der Waals surface area contributed by atoms with E-state index in [2.05, 4.69) is 0 Å². The first-order valence-corrected chi connectivity index (χ1v) is 5.95. The quantitative estimate of drug-likeness (QED) is 0.632. The molecule has 0 amide bonds. The predicted molar refractivity (Wildman–Crippen MR) is 63.6 cm³/mol. The molecule has 2 unspecified atom stereocenters. The Balaban J connectivity index is 4.18. The molecule has 0 bridgehead atoms. The molecule has 0 aromatic carbocycles. The average Bonchev–Trinajstić information content (AvgIpc) is 2.30. The molecule has 0 saturated heterocycles. The molecule has 0 aromatic rings. The van der Waals surface area contributed by atoms with Gasteiger partial charge in [0.25, 0.3) is 0 Å². The van der Waals surface area contributed by atoms with Crippen LogP contribution >= 0.6 is 0 Å². The zero-order valence-corrected chi connectivity index (χ0v) is 11.3. The van der Waals surface area contributed by atoms with Crippen LogP contribution in [0, 0.1) is 11.8 Å². The lowest BCUT2D eigenvalue weighted by Gasteiger charge is -2.17. The highest BCUT2D eigenvalue weighted by Gasteiger charge is 2.33. The summed E-state index contributed by atoms with van der Waals surface area (Å²) in [5.74, 6) is -1.85. The van der Waals surface area contributed by atoms with Gasteiger partial charge in [-0.3, -0.25) is 0 Å². The van der Waals surface area contributed by atoms with Crippen LogP contribution in [0.1, 0.15) is 27.7 Å². The van der Waals surface area contributed by atoms with Gasteiger partial charge in [-0.15, -0.1) is 0 Å². The summed E-state index contributed by atoms with van der Waals surface area (Å²) in [6.07, 6.45) is -3.83. The van der Waals surface area contributed by atoms with E-state index in [0.717, 1.165) is 0 Å². The molecule has 0 radical (unpaired) electrons. The van der Waals surface area contributed by atoms with Gasteiger partial charge in [-0.25, -0.2) is 9.59 Å². The van der Waals surface area contributed by atoms with E-state index >= 15 is 0 Å². The van der Waals surface area contributed by atoms with Crippen molar-refractivity contribution in [3.8, 4) is 0 Å². The van der Waals surface area contributed by atoms with Gasteiger partial charge in [-0.05, 0) is 11.8 Å². The van der Waals surface area contributed by atoms with Crippen molar-refractivity contribution in [3.63, 3.8) is 0 Å². The lowest BCUT2D eigenvalue weighted by molar-refractivity contribution is -0.174. The number of ether oxygens (including phenoxy) is 2. The van der Waals surface area contributed by atoms with E-state index in [-0.39, 0.29) is 25.0 Å². The monoisotopic (exact) mass is 262 g/mol. The summed E-state index contributed by atoms with van der Waals surface area (Å²) in [6, 6.07) is 0. The zero-order valence-electron chi connectivity index (χ0n) is 11.3. The maximum atomic E-state index is 11.3. The standard InChI is InChI=1S/C12H22O6/c1-7(2)5-17-11(15)9(13)10(14)12(16)18-6-8(3)4/h7-10,13-14H,5-6H2,1-4H3. The Morgan fingerprint density at radius 1 is 0.833 bits per heavy atom. The molecule has 0 rings (SSSR count). The van der Waals surface area contributed by atoms with Crippen LogP contribution in [0.4, 0.5) is 0 Å². The highest BCUT2D eigenvalue weighted by molar-refractivity contribution is 5.85. The molecule has 18 heavy (non-hydrogen) atoms. The first kappa shape index (κ1) is 16.9. The minimum absolute atomic E-state index is 0.103. The molecule has 0 aliphatic heterocycles. The summed E-state index contributed by atoms with van der Waals surface area (Å²) in [6.45, 7) is 7.53. The van der Waals surface area contributed by atoms with E-state index in [1.54, 1.807) is 0 Å². The number of carbonyl (C=O) groups is 2. The molecule has 0 aliphatic carbocycles. The molecule has 0 aliphatic rings. The van der Waals surface area contributed by atoms with Crippen LogP contribution in [-0.4, -0.2) is 47.6 Å². The van der Waals surface area contributed by atoms with Crippen LogP contribution in [0.3, 0.4) is 0 Å². The van der Waals surface area contributed by atoms with Gasteiger partial charge < -0.3 is 19.7 Å². The van der Waals surface area contributed by atoms with Crippen molar-refractivity contribution < 1.29 is 29.3 Å². The molecule has 106 valence electrons. The molecule has 0 heterocycles. The normalized spacial score (nSPS) is 14.4. The van der Waals surface area contributed by atoms with E-state index in [0.29, 0.717) is 0 Å². The third-order valence-corrected chi connectivity index (χ3v) is 1.90. The van der Waals surface area contributed by atoms with Gasteiger partial charge in [-0.2, -0.15) is 0 Å². The van der Waals surface area contributed by atoms with Crippen LogP contribution in [0.25, 0.3) is 0 Å². The Morgan fingerprint density at radius 2 is 1.11 bits per heavy atom. The van der Waals surface area contributed by atoms with Crippen molar-refractivity contribution in [2.75, 3.05) is 13.2 Å². The molecule has 2 atom stereocenters. The molecule has 6 heteroatoms. The molecule has 0 saturated carbocycles. The first-order chi connectivity index (χ1) is 8.25. The minimum atomic E-state index is -1.91. The smallest absolute Gasteiger partial charge is 0.338 e. The fraction of sp³-hybridized carbons (Fsp3) is 0.833. The number of aliphatic hydroxyl groups excluding tert-OH is 2. The van der Waals surface area contributed by atoms with E-state index < -0.39 is 24.1 Å². The summed E-state index contributed by atoms with van der Waals surface area (Å²) in [4.78, 5) is 22.6. The van der Waals surface area contributed by atoms with Crippen molar-refractivity contribution in [2.24, 2.45) is 11.8 Å². The van der Waals surface area contributed by atoms with E-state index in [4.69, 9.17) is 9.47 Å². The van der Waals surface area contributed by atoms with Gasteiger partial charge in [-0.1, -0.05) is 27.7 Å². The third kappa shape index (κ3) is 6.56. The third-order valence-electron chi connectivity index (χ3n) is 1.90. The lowest BCUT2D eigenvalue weighted by Crippen LogP contribution is -2.42. The van der Waals surface area contributed by atoms with Gasteiger partial charge in [0.2, 0.25) is 0 Å². The highest BCUT2D eigenvalue weighted by Crippen LogP contribution is 2.03. The molecule has 6 nitrogen and oxygen atoms in total. The number of esters is 2. The van der Waals surface area contributed by atoms with Crippen LogP contribution in [0.15, 0.2) is 0 Å². The van der Waals surface area contributed by atoms with Crippen molar-refractivity contribution in [1.82, 2.24) is 0 Å².